The number of nitrogens with one attached hydrogen (secondary N) is 3. The SMILES string of the molecule is CC(C)NC(=O)C(C)NS(=O)(=O)c1ccc(=O)[nH]c1. The summed E-state index contributed by atoms with van der Waals surface area (Å²) in [6.07, 6.45) is 1.08. The molecule has 7 nitrogen and oxygen atoms in total. The molecule has 1 aromatic rings. The van der Waals surface area contributed by atoms with Crippen molar-refractivity contribution in [1.82, 2.24) is 15.0 Å². The first-order chi connectivity index (χ1) is 8.72. The number of sulfonamides is 1. The molecular weight excluding hydrogens is 270 g/mol. The smallest absolute Gasteiger partial charge is 0.247 e. The number of carbonyl (C=O) groups is 1. The van der Waals surface area contributed by atoms with E-state index in [9.17, 15) is 18.0 Å². The quantitative estimate of drug-likeness (QED) is 0.682. The van der Waals surface area contributed by atoms with Crippen LogP contribution < -0.4 is 15.6 Å². The lowest BCUT2D eigenvalue weighted by Gasteiger charge is -2.16. The zero-order valence-corrected chi connectivity index (χ0v) is 11.7. The van der Waals surface area contributed by atoms with Crippen molar-refractivity contribution in [2.24, 2.45) is 0 Å². The van der Waals surface area contributed by atoms with Gasteiger partial charge in [0, 0.05) is 18.3 Å². The maximum Gasteiger partial charge on any atom is 0.247 e. The molecule has 1 rings (SSSR count). The minimum absolute atomic E-state index is 0.0764. The van der Waals surface area contributed by atoms with E-state index in [2.05, 4.69) is 15.0 Å². The lowest BCUT2D eigenvalue weighted by molar-refractivity contribution is -0.122. The van der Waals surface area contributed by atoms with Gasteiger partial charge in [0.1, 0.15) is 0 Å². The molecule has 0 spiro atoms. The van der Waals surface area contributed by atoms with Gasteiger partial charge in [-0.25, -0.2) is 8.42 Å². The lowest BCUT2D eigenvalue weighted by atomic mass is 10.3. The Balaban J connectivity index is 2.82. The number of hydrogen-bond acceptors (Lipinski definition) is 4. The summed E-state index contributed by atoms with van der Waals surface area (Å²) in [7, 11) is -3.84. The third-order valence-corrected chi connectivity index (χ3v) is 3.76. The molecule has 19 heavy (non-hydrogen) atoms. The second kappa shape index (κ2) is 5.98. The Hall–Kier alpha value is -1.67. The summed E-state index contributed by atoms with van der Waals surface area (Å²) in [5.74, 6) is -0.414. The van der Waals surface area contributed by atoms with Gasteiger partial charge in [-0.3, -0.25) is 9.59 Å². The number of hydrogen-bond donors (Lipinski definition) is 3. The second-order valence-corrected chi connectivity index (χ2v) is 6.11. The molecule has 3 N–H and O–H groups in total. The summed E-state index contributed by atoms with van der Waals surface area (Å²) in [6, 6.07) is 1.30. The maximum atomic E-state index is 11.9. The van der Waals surface area contributed by atoms with Gasteiger partial charge in [0.05, 0.1) is 10.9 Å². The Morgan fingerprint density at radius 2 is 1.89 bits per heavy atom. The first-order valence-corrected chi connectivity index (χ1v) is 7.22. The summed E-state index contributed by atoms with van der Waals surface area (Å²) in [6.45, 7) is 5.00. The molecule has 106 valence electrons. The molecule has 1 aromatic heterocycles. The summed E-state index contributed by atoms with van der Waals surface area (Å²) in [4.78, 5) is 24.7. The fourth-order valence-electron chi connectivity index (χ4n) is 1.33. The molecule has 0 aliphatic heterocycles. The number of carbonyl (C=O) groups excluding carboxylic acids is 1. The van der Waals surface area contributed by atoms with Crippen molar-refractivity contribution in [3.8, 4) is 0 Å². The lowest BCUT2D eigenvalue weighted by Crippen LogP contribution is -2.46. The predicted molar refractivity (Wildman–Crippen MR) is 70.1 cm³/mol. The summed E-state index contributed by atoms with van der Waals surface area (Å²) >= 11 is 0. The third kappa shape index (κ3) is 4.49. The molecule has 1 heterocycles. The average Bonchev–Trinajstić information content (AvgIpc) is 2.27. The zero-order valence-electron chi connectivity index (χ0n) is 10.9. The number of aromatic nitrogens is 1. The fraction of sp³-hybridized carbons (Fsp3) is 0.455. The highest BCUT2D eigenvalue weighted by Gasteiger charge is 2.22. The van der Waals surface area contributed by atoms with E-state index in [1.54, 1.807) is 13.8 Å². The minimum atomic E-state index is -3.84. The highest BCUT2D eigenvalue weighted by atomic mass is 32.2. The second-order valence-electron chi connectivity index (χ2n) is 4.39. The van der Waals surface area contributed by atoms with Gasteiger partial charge < -0.3 is 10.3 Å². The Morgan fingerprint density at radius 3 is 2.37 bits per heavy atom. The van der Waals surface area contributed by atoms with Gasteiger partial charge in [-0.05, 0) is 26.8 Å². The van der Waals surface area contributed by atoms with Crippen LogP contribution >= 0.6 is 0 Å². The van der Waals surface area contributed by atoms with E-state index in [-0.39, 0.29) is 10.9 Å². The van der Waals surface area contributed by atoms with E-state index >= 15 is 0 Å². The van der Waals surface area contributed by atoms with E-state index in [1.165, 1.54) is 13.0 Å². The van der Waals surface area contributed by atoms with Gasteiger partial charge in [-0.1, -0.05) is 0 Å². The molecule has 1 unspecified atom stereocenters. The summed E-state index contributed by atoms with van der Waals surface area (Å²) in [5, 5.41) is 2.60. The van der Waals surface area contributed by atoms with Crippen molar-refractivity contribution in [3.63, 3.8) is 0 Å². The molecule has 0 radical (unpaired) electrons. The first-order valence-electron chi connectivity index (χ1n) is 5.74. The first kappa shape index (κ1) is 15.4. The van der Waals surface area contributed by atoms with Crippen molar-refractivity contribution in [2.75, 3.05) is 0 Å². The molecule has 0 aliphatic carbocycles. The normalized spacial score (nSPS) is 13.3. The Kier molecular flexibility index (Phi) is 4.84. The molecule has 0 saturated heterocycles. The van der Waals surface area contributed by atoms with E-state index in [1.807, 2.05) is 0 Å². The van der Waals surface area contributed by atoms with Gasteiger partial charge >= 0.3 is 0 Å². The average molecular weight is 287 g/mol. The maximum absolute atomic E-state index is 11.9. The van der Waals surface area contributed by atoms with E-state index in [4.69, 9.17) is 0 Å². The molecular formula is C11H17N3O4S. The molecule has 0 aromatic carbocycles. The Labute approximate surface area is 111 Å². The Morgan fingerprint density at radius 1 is 1.26 bits per heavy atom. The van der Waals surface area contributed by atoms with Gasteiger partial charge in [0.15, 0.2) is 0 Å². The highest BCUT2D eigenvalue weighted by molar-refractivity contribution is 7.89. The van der Waals surface area contributed by atoms with Crippen molar-refractivity contribution in [2.45, 2.75) is 37.8 Å². The zero-order chi connectivity index (χ0) is 14.6. The van der Waals surface area contributed by atoms with Crippen LogP contribution in [0.1, 0.15) is 20.8 Å². The summed E-state index contributed by atoms with van der Waals surface area (Å²) in [5.41, 5.74) is -0.399. The van der Waals surface area contributed by atoms with Crippen LogP contribution in [0.25, 0.3) is 0 Å². The van der Waals surface area contributed by atoms with Crippen LogP contribution in [-0.2, 0) is 14.8 Å². The molecule has 1 atom stereocenters. The molecule has 8 heteroatoms. The third-order valence-electron chi connectivity index (χ3n) is 2.22. The molecule has 0 bridgehead atoms. The van der Waals surface area contributed by atoms with Crippen molar-refractivity contribution < 1.29 is 13.2 Å². The van der Waals surface area contributed by atoms with Gasteiger partial charge in [-0.2, -0.15) is 4.72 Å². The van der Waals surface area contributed by atoms with Crippen molar-refractivity contribution >= 4 is 15.9 Å². The minimum Gasteiger partial charge on any atom is -0.353 e. The molecule has 1 amide bonds. The standard InChI is InChI=1S/C11H17N3O4S/c1-7(2)13-11(16)8(3)14-19(17,18)9-4-5-10(15)12-6-9/h4-8,14H,1-3H3,(H,12,15)(H,13,16). The van der Waals surface area contributed by atoms with Crippen molar-refractivity contribution in [3.05, 3.63) is 28.7 Å². The molecule has 0 saturated carbocycles. The highest BCUT2D eigenvalue weighted by Crippen LogP contribution is 2.05. The Bertz CT molecular complexity index is 586. The van der Waals surface area contributed by atoms with E-state index < -0.39 is 27.5 Å². The molecule has 0 fully saturated rings. The van der Waals surface area contributed by atoms with Crippen LogP contribution in [0, 0.1) is 0 Å². The number of amides is 1. The monoisotopic (exact) mass is 287 g/mol. The fourth-order valence-corrected chi connectivity index (χ4v) is 2.50. The topological polar surface area (TPSA) is 108 Å². The van der Waals surface area contributed by atoms with Crippen LogP contribution in [0.2, 0.25) is 0 Å². The van der Waals surface area contributed by atoms with E-state index in [0.717, 1.165) is 12.3 Å². The van der Waals surface area contributed by atoms with Crippen LogP contribution in [0.5, 0.6) is 0 Å². The van der Waals surface area contributed by atoms with Crippen LogP contribution in [-0.4, -0.2) is 31.4 Å². The van der Waals surface area contributed by atoms with Crippen molar-refractivity contribution in [1.29, 1.82) is 0 Å². The largest absolute Gasteiger partial charge is 0.353 e. The molecule has 0 aliphatic rings. The van der Waals surface area contributed by atoms with Crippen LogP contribution in [0.3, 0.4) is 0 Å². The van der Waals surface area contributed by atoms with Gasteiger partial charge in [0.25, 0.3) is 0 Å². The summed E-state index contributed by atoms with van der Waals surface area (Å²) < 4.78 is 26.1. The number of H-pyrrole nitrogens is 1. The number of aromatic amines is 1. The van der Waals surface area contributed by atoms with Crippen LogP contribution in [0.4, 0.5) is 0 Å². The van der Waals surface area contributed by atoms with Gasteiger partial charge in [0.2, 0.25) is 21.5 Å². The number of pyridine rings is 1. The van der Waals surface area contributed by atoms with Crippen LogP contribution in [0.15, 0.2) is 28.0 Å². The van der Waals surface area contributed by atoms with E-state index in [0.29, 0.717) is 0 Å². The van der Waals surface area contributed by atoms with Gasteiger partial charge in [-0.15, -0.1) is 0 Å². The number of rotatable bonds is 5. The predicted octanol–water partition coefficient (Wildman–Crippen LogP) is -0.434.